The van der Waals surface area contributed by atoms with E-state index in [9.17, 15) is 19.6 Å². The van der Waals surface area contributed by atoms with Crippen molar-refractivity contribution in [3.63, 3.8) is 0 Å². The van der Waals surface area contributed by atoms with Crippen LogP contribution in [0, 0.1) is 17.2 Å². The first kappa shape index (κ1) is 22.5. The van der Waals surface area contributed by atoms with Gasteiger partial charge >= 0.3 is 0 Å². The Balaban J connectivity index is 1.12. The monoisotopic (exact) mass is 476 g/mol. The molecule has 3 aliphatic heterocycles. The molecule has 0 radical (unpaired) electrons. The predicted molar refractivity (Wildman–Crippen MR) is 127 cm³/mol. The highest BCUT2D eigenvalue weighted by Gasteiger charge is 2.56. The van der Waals surface area contributed by atoms with Gasteiger partial charge in [-0.3, -0.25) is 19.3 Å². The molecule has 1 aromatic carbocycles. The molecule has 0 spiro atoms. The summed E-state index contributed by atoms with van der Waals surface area (Å²) in [6.45, 7) is 1.07. The van der Waals surface area contributed by atoms with Crippen LogP contribution in [0.3, 0.4) is 0 Å². The Labute approximate surface area is 205 Å². The third-order valence-corrected chi connectivity index (χ3v) is 8.75. The van der Waals surface area contributed by atoms with Crippen LogP contribution in [0.5, 0.6) is 0 Å². The number of piperidine rings is 1. The number of nitrogens with two attached hydrogens (primary N) is 1. The molecule has 7 atom stereocenters. The average Bonchev–Trinajstić information content (AvgIpc) is 3.18. The smallest absolute Gasteiger partial charge is 0.253 e. The molecule has 1 saturated carbocycles. The summed E-state index contributed by atoms with van der Waals surface area (Å²) in [5.41, 5.74) is 9.32. The van der Waals surface area contributed by atoms with E-state index >= 15 is 0 Å². The third-order valence-electron chi connectivity index (χ3n) is 8.75. The molecular formula is C26H32N6O3. The van der Waals surface area contributed by atoms with Crippen molar-refractivity contribution < 1.29 is 14.4 Å². The lowest BCUT2D eigenvalue weighted by atomic mass is 10.0. The fraction of sp³-hybridized carbons (Fsp3) is 0.615. The molecule has 4 fully saturated rings. The highest BCUT2D eigenvalue weighted by molar-refractivity contribution is 5.94. The molecule has 9 heteroatoms. The maximum absolute atomic E-state index is 13.4. The van der Waals surface area contributed by atoms with Crippen molar-refractivity contribution >= 4 is 17.7 Å². The molecule has 5 aliphatic rings. The van der Waals surface area contributed by atoms with Crippen molar-refractivity contribution in [2.24, 2.45) is 11.7 Å². The predicted octanol–water partition coefficient (Wildman–Crippen LogP) is 0.501. The first-order valence-electron chi connectivity index (χ1n) is 12.7. The van der Waals surface area contributed by atoms with Gasteiger partial charge in [0.15, 0.2) is 0 Å². The Kier molecular flexibility index (Phi) is 5.17. The number of nitriles is 1. The van der Waals surface area contributed by atoms with E-state index in [1.165, 1.54) is 0 Å². The van der Waals surface area contributed by atoms with Gasteiger partial charge in [-0.25, -0.2) is 0 Å². The summed E-state index contributed by atoms with van der Waals surface area (Å²) in [5.74, 6) is 0.411. The summed E-state index contributed by atoms with van der Waals surface area (Å²) in [4.78, 5) is 46.3. The lowest BCUT2D eigenvalue weighted by Crippen LogP contribution is -2.57. The van der Waals surface area contributed by atoms with E-state index in [1.54, 1.807) is 23.9 Å². The van der Waals surface area contributed by atoms with Crippen LogP contribution in [0.2, 0.25) is 0 Å². The Hall–Kier alpha value is -2.96. The molecule has 1 aromatic rings. The lowest BCUT2D eigenvalue weighted by molar-refractivity contribution is -0.141. The van der Waals surface area contributed by atoms with Crippen molar-refractivity contribution in [2.75, 3.05) is 27.2 Å². The number of benzene rings is 1. The molecule has 3 amide bonds. The number of aryl methyl sites for hydroxylation is 1. The van der Waals surface area contributed by atoms with Gasteiger partial charge in [-0.15, -0.1) is 0 Å². The summed E-state index contributed by atoms with van der Waals surface area (Å²) in [6.07, 6.45) is 4.23. The van der Waals surface area contributed by atoms with Crippen molar-refractivity contribution in [1.29, 1.82) is 5.26 Å². The molecule has 0 aromatic heterocycles. The van der Waals surface area contributed by atoms with Crippen molar-refractivity contribution in [1.82, 2.24) is 19.6 Å². The molecule has 9 nitrogen and oxygen atoms in total. The molecule has 3 saturated heterocycles. The summed E-state index contributed by atoms with van der Waals surface area (Å²) >= 11 is 0. The van der Waals surface area contributed by atoms with E-state index < -0.39 is 6.04 Å². The van der Waals surface area contributed by atoms with Gasteiger partial charge in [0.1, 0.15) is 6.04 Å². The Bertz CT molecular complexity index is 1140. The van der Waals surface area contributed by atoms with Gasteiger partial charge in [-0.05, 0) is 61.3 Å². The standard InChI is InChI=1S/C26H32N6O3/c1-29(2)24(33)15-3-5-19-14(7-15)4-6-21(19)32-18-10-23(26(32)35)30(12-18)13-20(28)25(34)31-17(11-27)8-16-9-22(16)31/h3,5,7,16-18,20-23H,4,6,8-10,12-13,28H2,1-2H3/t16-,17+,18+,20+,21-,22?,23+/m1/s1. The average molecular weight is 477 g/mol. The van der Waals surface area contributed by atoms with E-state index in [4.69, 9.17) is 5.73 Å². The van der Waals surface area contributed by atoms with Gasteiger partial charge in [0.25, 0.3) is 5.91 Å². The number of carbonyl (C=O) groups excluding carboxylic acids is 3. The first-order chi connectivity index (χ1) is 16.8. The fourth-order valence-electron chi connectivity index (χ4n) is 6.99. The second-order valence-corrected chi connectivity index (χ2v) is 11.1. The minimum absolute atomic E-state index is 0.0127. The zero-order valence-electron chi connectivity index (χ0n) is 20.3. The number of amides is 3. The van der Waals surface area contributed by atoms with E-state index in [-0.39, 0.29) is 47.9 Å². The highest BCUT2D eigenvalue weighted by atomic mass is 16.2. The van der Waals surface area contributed by atoms with E-state index in [0.717, 1.165) is 43.2 Å². The summed E-state index contributed by atoms with van der Waals surface area (Å²) in [5, 5.41) is 9.42. The van der Waals surface area contributed by atoms with Gasteiger partial charge in [0.2, 0.25) is 11.8 Å². The second-order valence-electron chi connectivity index (χ2n) is 11.1. The molecular weight excluding hydrogens is 444 g/mol. The molecule has 2 aliphatic carbocycles. The van der Waals surface area contributed by atoms with Crippen molar-refractivity contribution in [3.05, 3.63) is 34.9 Å². The Morgan fingerprint density at radius 2 is 2.03 bits per heavy atom. The SMILES string of the molecule is CN(C)C(=O)c1ccc2c(c1)CC[C@H]2N1C(=O)[C@@H]2C[C@H]1CN2C[C@H](N)C(=O)N1C2C[C@H]2C[C@H]1C#N. The van der Waals surface area contributed by atoms with Crippen LogP contribution < -0.4 is 5.73 Å². The van der Waals surface area contributed by atoms with Crippen LogP contribution in [-0.2, 0) is 16.0 Å². The summed E-state index contributed by atoms with van der Waals surface area (Å²) in [6, 6.07) is 7.13. The molecule has 1 unspecified atom stereocenters. The zero-order valence-corrected chi connectivity index (χ0v) is 20.3. The fourth-order valence-corrected chi connectivity index (χ4v) is 6.99. The van der Waals surface area contributed by atoms with Gasteiger partial charge in [-0.2, -0.15) is 5.26 Å². The minimum atomic E-state index is -0.717. The third kappa shape index (κ3) is 3.46. The van der Waals surface area contributed by atoms with Crippen LogP contribution >= 0.6 is 0 Å². The van der Waals surface area contributed by atoms with Crippen LogP contribution in [0.15, 0.2) is 18.2 Å². The van der Waals surface area contributed by atoms with Crippen molar-refractivity contribution in [3.8, 4) is 6.07 Å². The molecule has 184 valence electrons. The normalized spacial score (nSPS) is 33.5. The van der Waals surface area contributed by atoms with Gasteiger partial charge in [0, 0.05) is 44.8 Å². The van der Waals surface area contributed by atoms with Gasteiger partial charge in [0.05, 0.1) is 24.2 Å². The Morgan fingerprint density at radius 1 is 1.23 bits per heavy atom. The molecule has 3 heterocycles. The summed E-state index contributed by atoms with van der Waals surface area (Å²) in [7, 11) is 3.50. The molecule has 2 N–H and O–H groups in total. The number of rotatable bonds is 5. The summed E-state index contributed by atoms with van der Waals surface area (Å²) < 4.78 is 0. The number of piperazine rings is 1. The van der Waals surface area contributed by atoms with E-state index in [1.807, 2.05) is 18.2 Å². The Morgan fingerprint density at radius 3 is 2.74 bits per heavy atom. The van der Waals surface area contributed by atoms with E-state index in [0.29, 0.717) is 24.6 Å². The number of fused-ring (bicyclic) bond motifs is 4. The molecule has 2 bridgehead atoms. The highest BCUT2D eigenvalue weighted by Crippen LogP contribution is 2.48. The van der Waals surface area contributed by atoms with Gasteiger partial charge in [-0.1, -0.05) is 6.07 Å². The number of hydrogen-bond donors (Lipinski definition) is 1. The molecule has 35 heavy (non-hydrogen) atoms. The number of nitrogens with zero attached hydrogens (tertiary/aromatic N) is 5. The minimum Gasteiger partial charge on any atom is -0.345 e. The number of likely N-dealkylation sites (tertiary alicyclic amines) is 3. The topological polar surface area (TPSA) is 114 Å². The van der Waals surface area contributed by atoms with Crippen LogP contribution in [0.25, 0.3) is 0 Å². The quantitative estimate of drug-likeness (QED) is 0.662. The zero-order chi connectivity index (χ0) is 24.6. The van der Waals surface area contributed by atoms with Crippen LogP contribution in [0.1, 0.15) is 53.2 Å². The second kappa shape index (κ2) is 8.04. The lowest BCUT2D eigenvalue weighted by Gasteiger charge is -2.38. The first-order valence-corrected chi connectivity index (χ1v) is 12.7. The maximum atomic E-state index is 13.4. The largest absolute Gasteiger partial charge is 0.345 e. The number of carbonyl (C=O) groups is 3. The van der Waals surface area contributed by atoms with Gasteiger partial charge < -0.3 is 20.4 Å². The molecule has 6 rings (SSSR count). The maximum Gasteiger partial charge on any atom is 0.253 e. The van der Waals surface area contributed by atoms with Crippen molar-refractivity contribution in [2.45, 2.75) is 68.4 Å². The van der Waals surface area contributed by atoms with Crippen LogP contribution in [-0.4, -0.2) is 94.7 Å². The van der Waals surface area contributed by atoms with E-state index in [2.05, 4.69) is 15.9 Å². The van der Waals surface area contributed by atoms with Crippen LogP contribution in [0.4, 0.5) is 0 Å². The number of hydrogen-bond acceptors (Lipinski definition) is 6.